The number of anilines is 1. The van der Waals surface area contributed by atoms with Gasteiger partial charge in [0.25, 0.3) is 0 Å². The number of ether oxygens (including phenoxy) is 1. The fourth-order valence-electron chi connectivity index (χ4n) is 4.09. The standard InChI is InChI=1S/C24H25FN6O4S/c1-14(2)22-29-24(35-30-22)31-10-7-15(8-11-31)34-23-18-6-9-26-20(21(18)27-13-28-23)17-5-4-16(12-19(17)25)36(3,32)33/h4-6,9,12-15H,7-8,10-11H2,1-3H3. The molecule has 0 spiro atoms. The van der Waals surface area contributed by atoms with Gasteiger partial charge in [-0.1, -0.05) is 19.0 Å². The molecule has 1 saturated heterocycles. The molecule has 1 fully saturated rings. The lowest BCUT2D eigenvalue weighted by Crippen LogP contribution is -2.38. The fourth-order valence-corrected chi connectivity index (χ4v) is 4.72. The summed E-state index contributed by atoms with van der Waals surface area (Å²) < 4.78 is 50.1. The van der Waals surface area contributed by atoms with E-state index in [1.165, 1.54) is 24.7 Å². The molecule has 5 rings (SSSR count). The van der Waals surface area contributed by atoms with Crippen LogP contribution in [0.5, 0.6) is 5.88 Å². The third kappa shape index (κ3) is 4.72. The topological polar surface area (TPSA) is 124 Å². The predicted molar refractivity (Wildman–Crippen MR) is 130 cm³/mol. The molecule has 0 amide bonds. The summed E-state index contributed by atoms with van der Waals surface area (Å²) >= 11 is 0. The predicted octanol–water partition coefficient (Wildman–Crippen LogP) is 3.79. The number of benzene rings is 1. The minimum absolute atomic E-state index is 0.0887. The van der Waals surface area contributed by atoms with Crippen molar-refractivity contribution >= 4 is 26.8 Å². The summed E-state index contributed by atoms with van der Waals surface area (Å²) in [7, 11) is -3.54. The summed E-state index contributed by atoms with van der Waals surface area (Å²) in [5, 5.41) is 4.62. The second-order valence-electron chi connectivity index (χ2n) is 9.04. The summed E-state index contributed by atoms with van der Waals surface area (Å²) in [6.07, 6.45) is 5.28. The van der Waals surface area contributed by atoms with Gasteiger partial charge in [0.2, 0.25) is 5.88 Å². The number of fused-ring (bicyclic) bond motifs is 1. The van der Waals surface area contributed by atoms with E-state index >= 15 is 0 Å². The smallest absolute Gasteiger partial charge is 0.324 e. The maximum atomic E-state index is 14.9. The van der Waals surface area contributed by atoms with Crippen molar-refractivity contribution in [3.63, 3.8) is 0 Å². The van der Waals surface area contributed by atoms with Crippen LogP contribution in [0.4, 0.5) is 10.4 Å². The molecule has 188 valence electrons. The van der Waals surface area contributed by atoms with Crippen molar-refractivity contribution < 1.29 is 22.1 Å². The second kappa shape index (κ2) is 9.41. The quantitative estimate of drug-likeness (QED) is 0.377. The third-order valence-corrected chi connectivity index (χ3v) is 7.19. The Morgan fingerprint density at radius 3 is 2.58 bits per heavy atom. The Morgan fingerprint density at radius 2 is 1.92 bits per heavy atom. The Labute approximate surface area is 207 Å². The molecule has 12 heteroatoms. The van der Waals surface area contributed by atoms with Crippen LogP contribution < -0.4 is 9.64 Å². The van der Waals surface area contributed by atoms with E-state index in [-0.39, 0.29) is 28.2 Å². The zero-order valence-electron chi connectivity index (χ0n) is 20.0. The van der Waals surface area contributed by atoms with Crippen LogP contribution in [0.25, 0.3) is 22.2 Å². The van der Waals surface area contributed by atoms with Crippen LogP contribution in [0.15, 0.2) is 46.2 Å². The minimum Gasteiger partial charge on any atom is -0.474 e. The van der Waals surface area contributed by atoms with Gasteiger partial charge in [-0.15, -0.1) is 0 Å². The van der Waals surface area contributed by atoms with Crippen molar-refractivity contribution in [3.8, 4) is 17.1 Å². The molecule has 10 nitrogen and oxygen atoms in total. The normalized spacial score (nSPS) is 15.1. The number of pyridine rings is 1. The number of aromatic nitrogens is 5. The highest BCUT2D eigenvalue weighted by molar-refractivity contribution is 7.90. The van der Waals surface area contributed by atoms with Crippen LogP contribution in [-0.2, 0) is 9.84 Å². The Hall–Kier alpha value is -3.67. The van der Waals surface area contributed by atoms with Crippen LogP contribution in [0.1, 0.15) is 38.4 Å². The second-order valence-corrected chi connectivity index (χ2v) is 11.1. The van der Waals surface area contributed by atoms with E-state index in [1.807, 2.05) is 18.7 Å². The zero-order chi connectivity index (χ0) is 25.4. The van der Waals surface area contributed by atoms with Gasteiger partial charge in [0.1, 0.15) is 23.8 Å². The van der Waals surface area contributed by atoms with Gasteiger partial charge in [-0.2, -0.15) is 4.98 Å². The Morgan fingerprint density at radius 1 is 1.14 bits per heavy atom. The summed E-state index contributed by atoms with van der Waals surface area (Å²) in [6.45, 7) is 5.41. The fraction of sp³-hybridized carbons (Fsp3) is 0.375. The first-order valence-corrected chi connectivity index (χ1v) is 13.4. The molecule has 0 aliphatic carbocycles. The summed E-state index contributed by atoms with van der Waals surface area (Å²) in [4.78, 5) is 19.3. The van der Waals surface area contributed by atoms with E-state index in [1.54, 1.807) is 6.07 Å². The Kier molecular flexibility index (Phi) is 6.29. The van der Waals surface area contributed by atoms with Crippen LogP contribution >= 0.6 is 0 Å². The number of hydrogen-bond acceptors (Lipinski definition) is 10. The van der Waals surface area contributed by atoms with E-state index in [9.17, 15) is 12.8 Å². The summed E-state index contributed by atoms with van der Waals surface area (Å²) in [5.74, 6) is 0.561. The molecule has 0 bridgehead atoms. The van der Waals surface area contributed by atoms with Crippen molar-refractivity contribution in [2.75, 3.05) is 24.2 Å². The first-order chi connectivity index (χ1) is 17.2. The van der Waals surface area contributed by atoms with Crippen LogP contribution in [0, 0.1) is 5.82 Å². The van der Waals surface area contributed by atoms with Gasteiger partial charge in [-0.25, -0.2) is 22.8 Å². The van der Waals surface area contributed by atoms with Gasteiger partial charge in [0, 0.05) is 49.9 Å². The highest BCUT2D eigenvalue weighted by Crippen LogP contribution is 2.32. The lowest BCUT2D eigenvalue weighted by molar-refractivity contribution is 0.164. The molecule has 1 aromatic carbocycles. The molecule has 1 aliphatic rings. The maximum absolute atomic E-state index is 14.9. The van der Waals surface area contributed by atoms with Crippen molar-refractivity contribution in [2.45, 2.75) is 43.6 Å². The molecule has 0 atom stereocenters. The first kappa shape index (κ1) is 24.0. The molecule has 3 aromatic heterocycles. The van der Waals surface area contributed by atoms with E-state index in [2.05, 4.69) is 25.1 Å². The van der Waals surface area contributed by atoms with E-state index in [0.29, 0.717) is 41.7 Å². The number of piperidine rings is 1. The minimum atomic E-state index is -3.54. The van der Waals surface area contributed by atoms with Gasteiger partial charge < -0.3 is 14.2 Å². The Balaban J connectivity index is 1.36. The molecular formula is C24H25FN6O4S. The van der Waals surface area contributed by atoms with Crippen LogP contribution in [0.2, 0.25) is 0 Å². The number of nitrogens with zero attached hydrogens (tertiary/aromatic N) is 6. The number of sulfone groups is 1. The zero-order valence-corrected chi connectivity index (χ0v) is 20.9. The maximum Gasteiger partial charge on any atom is 0.324 e. The van der Waals surface area contributed by atoms with Crippen LogP contribution in [-0.4, -0.2) is 59.0 Å². The lowest BCUT2D eigenvalue weighted by atomic mass is 10.1. The molecule has 0 saturated carbocycles. The average Bonchev–Trinajstić information content (AvgIpc) is 3.35. The van der Waals surface area contributed by atoms with Gasteiger partial charge in [0.05, 0.1) is 16.0 Å². The van der Waals surface area contributed by atoms with Gasteiger partial charge in [-0.3, -0.25) is 4.98 Å². The third-order valence-electron chi connectivity index (χ3n) is 6.08. The van der Waals surface area contributed by atoms with Crippen molar-refractivity contribution in [1.29, 1.82) is 0 Å². The molecule has 1 aliphatic heterocycles. The first-order valence-electron chi connectivity index (χ1n) is 11.6. The lowest BCUT2D eigenvalue weighted by Gasteiger charge is -2.30. The number of halogens is 1. The summed E-state index contributed by atoms with van der Waals surface area (Å²) in [6, 6.07) is 5.98. The molecule has 36 heavy (non-hydrogen) atoms. The molecule has 4 aromatic rings. The van der Waals surface area contributed by atoms with Crippen molar-refractivity contribution in [1.82, 2.24) is 25.1 Å². The highest BCUT2D eigenvalue weighted by Gasteiger charge is 2.26. The molecule has 0 N–H and O–H groups in total. The highest BCUT2D eigenvalue weighted by atomic mass is 32.2. The number of rotatable bonds is 6. The molecule has 0 radical (unpaired) electrons. The average molecular weight is 513 g/mol. The molecule has 0 unspecified atom stereocenters. The SMILES string of the molecule is CC(C)c1noc(N2CCC(Oc3ncnc4c(-c5ccc(S(C)(=O)=O)cc5F)nccc34)CC2)n1. The van der Waals surface area contributed by atoms with Crippen LogP contribution in [0.3, 0.4) is 0 Å². The van der Waals surface area contributed by atoms with E-state index < -0.39 is 15.7 Å². The molecular weight excluding hydrogens is 487 g/mol. The molecule has 4 heterocycles. The van der Waals surface area contributed by atoms with E-state index in [4.69, 9.17) is 9.26 Å². The number of hydrogen-bond donors (Lipinski definition) is 0. The van der Waals surface area contributed by atoms with Gasteiger partial charge in [0.15, 0.2) is 15.7 Å². The van der Waals surface area contributed by atoms with Gasteiger partial charge in [-0.05, 0) is 24.3 Å². The van der Waals surface area contributed by atoms with Crippen molar-refractivity contribution in [3.05, 3.63) is 48.4 Å². The summed E-state index contributed by atoms with van der Waals surface area (Å²) in [5.41, 5.74) is 0.841. The largest absolute Gasteiger partial charge is 0.474 e. The van der Waals surface area contributed by atoms with E-state index in [0.717, 1.165) is 25.2 Å². The van der Waals surface area contributed by atoms with Gasteiger partial charge >= 0.3 is 6.01 Å². The monoisotopic (exact) mass is 512 g/mol. The Bertz CT molecular complexity index is 1520. The van der Waals surface area contributed by atoms with Crippen molar-refractivity contribution in [2.24, 2.45) is 0 Å².